The van der Waals surface area contributed by atoms with Crippen molar-refractivity contribution in [2.24, 2.45) is 7.05 Å². The van der Waals surface area contributed by atoms with E-state index in [-0.39, 0.29) is 30.5 Å². The van der Waals surface area contributed by atoms with E-state index >= 15 is 0 Å². The highest BCUT2D eigenvalue weighted by Crippen LogP contribution is 2.16. The van der Waals surface area contributed by atoms with Crippen LogP contribution < -0.4 is 5.32 Å². The maximum absolute atomic E-state index is 12.8. The molecule has 31 heavy (non-hydrogen) atoms. The highest BCUT2D eigenvalue weighted by molar-refractivity contribution is 6.00. The van der Waals surface area contributed by atoms with Crippen molar-refractivity contribution >= 4 is 23.6 Å². The number of ether oxygens (including phenoxy) is 1. The van der Waals surface area contributed by atoms with Crippen molar-refractivity contribution < 1.29 is 19.1 Å². The number of carbonyl (C=O) groups excluding carboxylic acids is 3. The molecule has 1 aliphatic heterocycles. The Morgan fingerprint density at radius 1 is 1.16 bits per heavy atom. The van der Waals surface area contributed by atoms with Gasteiger partial charge in [-0.05, 0) is 32.4 Å². The molecule has 1 fully saturated rings. The van der Waals surface area contributed by atoms with Gasteiger partial charge < -0.3 is 15.0 Å². The van der Waals surface area contributed by atoms with Crippen LogP contribution >= 0.6 is 0 Å². The number of hydrogen-bond acceptors (Lipinski definition) is 6. The normalized spacial score (nSPS) is 14.7. The summed E-state index contributed by atoms with van der Waals surface area (Å²) in [5, 5.41) is 6.81. The van der Waals surface area contributed by atoms with Gasteiger partial charge in [0.15, 0.2) is 0 Å². The van der Waals surface area contributed by atoms with Crippen LogP contribution in [0.25, 0.3) is 0 Å². The number of carbonyl (C=O) groups is 3. The molecule has 2 amide bonds. The molecule has 2 aromatic rings. The van der Waals surface area contributed by atoms with Crippen LogP contribution in [0, 0.1) is 6.92 Å². The smallest absolute Gasteiger partial charge is 0.343 e. The van der Waals surface area contributed by atoms with Crippen LogP contribution in [-0.4, -0.2) is 76.7 Å². The van der Waals surface area contributed by atoms with Crippen molar-refractivity contribution in [1.29, 1.82) is 0 Å². The number of esters is 1. The Hall–Kier alpha value is -3.20. The summed E-state index contributed by atoms with van der Waals surface area (Å²) in [5.74, 6) is -0.433. The Morgan fingerprint density at radius 3 is 2.71 bits per heavy atom. The molecule has 1 aromatic heterocycles. The van der Waals surface area contributed by atoms with Gasteiger partial charge in [0.05, 0.1) is 19.3 Å². The van der Waals surface area contributed by atoms with Crippen LogP contribution in [0.15, 0.2) is 30.5 Å². The van der Waals surface area contributed by atoms with Crippen LogP contribution in [0.5, 0.6) is 0 Å². The summed E-state index contributed by atoms with van der Waals surface area (Å²) in [6.45, 7) is 6.61. The van der Waals surface area contributed by atoms with Crippen molar-refractivity contribution in [3.05, 3.63) is 47.2 Å². The molecule has 0 unspecified atom stereocenters. The van der Waals surface area contributed by atoms with Crippen molar-refractivity contribution in [2.75, 3.05) is 44.6 Å². The Labute approximate surface area is 182 Å². The largest absolute Gasteiger partial charge is 0.462 e. The average molecular weight is 428 g/mol. The van der Waals surface area contributed by atoms with E-state index in [9.17, 15) is 14.4 Å². The van der Waals surface area contributed by atoms with Crippen LogP contribution in [0.1, 0.15) is 39.6 Å². The van der Waals surface area contributed by atoms with Crippen LogP contribution in [-0.2, 0) is 16.6 Å². The maximum Gasteiger partial charge on any atom is 0.343 e. The van der Waals surface area contributed by atoms with E-state index in [0.717, 1.165) is 12.0 Å². The second kappa shape index (κ2) is 10.2. The van der Waals surface area contributed by atoms with Crippen molar-refractivity contribution in [3.8, 4) is 0 Å². The number of rotatable bonds is 6. The molecule has 0 radical (unpaired) electrons. The summed E-state index contributed by atoms with van der Waals surface area (Å²) < 4.78 is 6.46. The van der Waals surface area contributed by atoms with Crippen LogP contribution in [0.3, 0.4) is 0 Å². The SMILES string of the molecule is CCOC(=O)c1cnn(C)c1NC(=O)CN1CCCN(C(=O)c2cccc(C)c2)CC1. The first-order valence-electron chi connectivity index (χ1n) is 10.5. The number of amides is 2. The lowest BCUT2D eigenvalue weighted by Gasteiger charge is -2.22. The van der Waals surface area contributed by atoms with Gasteiger partial charge >= 0.3 is 5.97 Å². The molecule has 2 heterocycles. The summed E-state index contributed by atoms with van der Waals surface area (Å²) in [5.41, 5.74) is 1.97. The van der Waals surface area contributed by atoms with Gasteiger partial charge in [-0.1, -0.05) is 17.7 Å². The van der Waals surface area contributed by atoms with Gasteiger partial charge in [0, 0.05) is 38.8 Å². The number of anilines is 1. The third kappa shape index (κ3) is 5.69. The van der Waals surface area contributed by atoms with Crippen LogP contribution in [0.2, 0.25) is 0 Å². The lowest BCUT2D eigenvalue weighted by Crippen LogP contribution is -2.38. The molecule has 9 heteroatoms. The first kappa shape index (κ1) is 22.5. The fraction of sp³-hybridized carbons (Fsp3) is 0.455. The molecule has 166 valence electrons. The first-order chi connectivity index (χ1) is 14.9. The zero-order chi connectivity index (χ0) is 22.4. The third-order valence-corrected chi connectivity index (χ3v) is 5.20. The Kier molecular flexibility index (Phi) is 7.41. The van der Waals surface area contributed by atoms with Crippen LogP contribution in [0.4, 0.5) is 5.82 Å². The van der Waals surface area contributed by atoms with Gasteiger partial charge in [-0.25, -0.2) is 4.79 Å². The fourth-order valence-electron chi connectivity index (χ4n) is 3.61. The van der Waals surface area contributed by atoms with E-state index in [2.05, 4.69) is 10.4 Å². The summed E-state index contributed by atoms with van der Waals surface area (Å²) in [7, 11) is 1.65. The van der Waals surface area contributed by atoms with Gasteiger partial charge in [-0.15, -0.1) is 0 Å². The van der Waals surface area contributed by atoms with Gasteiger partial charge in [0.25, 0.3) is 5.91 Å². The van der Waals surface area contributed by atoms with Gasteiger partial charge in [0.1, 0.15) is 11.4 Å². The first-order valence-corrected chi connectivity index (χ1v) is 10.5. The van der Waals surface area contributed by atoms with E-state index in [1.165, 1.54) is 10.9 Å². The van der Waals surface area contributed by atoms with Gasteiger partial charge in [-0.3, -0.25) is 19.2 Å². The molecule has 3 rings (SSSR count). The molecule has 0 saturated carbocycles. The summed E-state index contributed by atoms with van der Waals surface area (Å²) in [4.78, 5) is 41.3. The monoisotopic (exact) mass is 427 g/mol. The van der Waals surface area contributed by atoms with E-state index < -0.39 is 5.97 Å². The average Bonchev–Trinajstić information content (AvgIpc) is 2.95. The standard InChI is InChI=1S/C22H29N5O4/c1-4-31-22(30)18-14-23-25(3)20(18)24-19(28)15-26-9-6-10-27(12-11-26)21(29)17-8-5-7-16(2)13-17/h5,7-8,13-14H,4,6,9-12,15H2,1-3H3,(H,24,28). The Bertz CT molecular complexity index is 955. The van der Waals surface area contributed by atoms with Crippen molar-refractivity contribution in [3.63, 3.8) is 0 Å². The summed E-state index contributed by atoms with van der Waals surface area (Å²) >= 11 is 0. The third-order valence-electron chi connectivity index (χ3n) is 5.20. The Morgan fingerprint density at radius 2 is 1.97 bits per heavy atom. The zero-order valence-corrected chi connectivity index (χ0v) is 18.3. The molecule has 0 aliphatic carbocycles. The lowest BCUT2D eigenvalue weighted by molar-refractivity contribution is -0.117. The fourth-order valence-corrected chi connectivity index (χ4v) is 3.61. The second-order valence-electron chi connectivity index (χ2n) is 7.59. The summed E-state index contributed by atoms with van der Waals surface area (Å²) in [6.07, 6.45) is 2.17. The van der Waals surface area contributed by atoms with E-state index in [4.69, 9.17) is 4.74 Å². The van der Waals surface area contributed by atoms with Gasteiger partial charge in [0.2, 0.25) is 5.91 Å². The van der Waals surface area contributed by atoms with E-state index in [0.29, 0.717) is 37.6 Å². The lowest BCUT2D eigenvalue weighted by atomic mass is 10.1. The molecule has 1 aromatic carbocycles. The Balaban J connectivity index is 1.57. The number of hydrogen-bond donors (Lipinski definition) is 1. The predicted octanol–water partition coefficient (Wildman–Crippen LogP) is 1.69. The quantitative estimate of drug-likeness (QED) is 0.705. The van der Waals surface area contributed by atoms with Crippen molar-refractivity contribution in [1.82, 2.24) is 19.6 Å². The molecule has 1 N–H and O–H groups in total. The number of aromatic nitrogens is 2. The molecule has 0 spiro atoms. The zero-order valence-electron chi connectivity index (χ0n) is 18.3. The topological polar surface area (TPSA) is 96.8 Å². The number of benzene rings is 1. The predicted molar refractivity (Wildman–Crippen MR) is 116 cm³/mol. The highest BCUT2D eigenvalue weighted by atomic mass is 16.5. The van der Waals surface area contributed by atoms with E-state index in [1.807, 2.05) is 41.0 Å². The molecule has 0 bridgehead atoms. The number of aryl methyl sites for hydroxylation is 2. The molecule has 0 atom stereocenters. The molecule has 1 saturated heterocycles. The van der Waals surface area contributed by atoms with E-state index in [1.54, 1.807) is 14.0 Å². The minimum absolute atomic E-state index is 0.0176. The molecular formula is C22H29N5O4. The highest BCUT2D eigenvalue weighted by Gasteiger charge is 2.23. The second-order valence-corrected chi connectivity index (χ2v) is 7.59. The number of nitrogens with one attached hydrogen (secondary N) is 1. The molecule has 9 nitrogen and oxygen atoms in total. The maximum atomic E-state index is 12.8. The molecular weight excluding hydrogens is 398 g/mol. The number of nitrogens with zero attached hydrogens (tertiary/aromatic N) is 4. The minimum atomic E-state index is -0.522. The summed E-state index contributed by atoms with van der Waals surface area (Å²) in [6, 6.07) is 7.59. The minimum Gasteiger partial charge on any atom is -0.462 e. The van der Waals surface area contributed by atoms with Crippen molar-refractivity contribution in [2.45, 2.75) is 20.3 Å². The van der Waals surface area contributed by atoms with Gasteiger partial charge in [-0.2, -0.15) is 5.10 Å². The molecule has 1 aliphatic rings.